The van der Waals surface area contributed by atoms with Crippen molar-refractivity contribution in [2.75, 3.05) is 0 Å². The molecule has 1 heterocycles. The number of allylic oxidation sites excluding steroid dienone is 5. The van der Waals surface area contributed by atoms with E-state index in [4.69, 9.17) is 10.2 Å². The Hall–Kier alpha value is -1.65. The summed E-state index contributed by atoms with van der Waals surface area (Å²) in [5, 5.41) is 9.92. The lowest BCUT2D eigenvalue weighted by Crippen LogP contribution is -2.45. The molecule has 0 amide bonds. The number of aliphatic hydroxyl groups is 1. The van der Waals surface area contributed by atoms with Crippen molar-refractivity contribution in [3.63, 3.8) is 0 Å². The predicted molar refractivity (Wildman–Crippen MR) is 76.5 cm³/mol. The smallest absolute Gasteiger partial charge is 0.180 e. The Labute approximate surface area is 114 Å². The average molecular weight is 262 g/mol. The highest BCUT2D eigenvalue weighted by molar-refractivity contribution is 5.20. The fourth-order valence-electron chi connectivity index (χ4n) is 1.56. The Balaban J connectivity index is 2.42. The van der Waals surface area contributed by atoms with Gasteiger partial charge in [-0.1, -0.05) is 30.4 Å². The van der Waals surface area contributed by atoms with Crippen molar-refractivity contribution < 1.29 is 9.52 Å². The van der Waals surface area contributed by atoms with E-state index in [0.29, 0.717) is 6.42 Å². The Morgan fingerprint density at radius 2 is 2.21 bits per heavy atom. The number of aliphatic hydroxyl groups excluding tert-OH is 1. The molecular formula is C15H22N2O2. The quantitative estimate of drug-likeness (QED) is 0.772. The lowest BCUT2D eigenvalue weighted by atomic mass is 9.93. The molecule has 4 heteroatoms. The van der Waals surface area contributed by atoms with E-state index in [1.165, 1.54) is 6.39 Å². The number of aromatic nitrogens is 1. The maximum absolute atomic E-state index is 9.92. The summed E-state index contributed by atoms with van der Waals surface area (Å²) in [6.07, 6.45) is 12.7. The predicted octanol–water partition coefficient (Wildman–Crippen LogP) is 2.37. The number of nitrogens with zero attached hydrogens (tertiary/aromatic N) is 1. The van der Waals surface area contributed by atoms with Crippen LogP contribution in [0.1, 0.15) is 26.5 Å². The molecule has 0 saturated heterocycles. The molecule has 0 bridgehead atoms. The SMILES string of the molecule is C/C(=C/C=C\C=C\Cc1cnco1)[C@@H](O)C(C)(C)N. The van der Waals surface area contributed by atoms with Gasteiger partial charge in [0.2, 0.25) is 0 Å². The summed E-state index contributed by atoms with van der Waals surface area (Å²) in [7, 11) is 0. The molecule has 0 aromatic carbocycles. The summed E-state index contributed by atoms with van der Waals surface area (Å²) in [5.41, 5.74) is 6.05. The molecule has 1 aromatic rings. The van der Waals surface area contributed by atoms with Gasteiger partial charge in [0, 0.05) is 12.0 Å². The first kappa shape index (κ1) is 15.4. The zero-order valence-electron chi connectivity index (χ0n) is 11.7. The van der Waals surface area contributed by atoms with Crippen LogP contribution in [0, 0.1) is 0 Å². The van der Waals surface area contributed by atoms with Gasteiger partial charge < -0.3 is 15.3 Å². The number of oxazole rings is 1. The Bertz CT molecular complexity index is 451. The van der Waals surface area contributed by atoms with Crippen LogP contribution in [0.15, 0.2) is 53.0 Å². The van der Waals surface area contributed by atoms with Crippen LogP contribution in [-0.2, 0) is 6.42 Å². The molecule has 0 fully saturated rings. The van der Waals surface area contributed by atoms with Crippen molar-refractivity contribution in [2.24, 2.45) is 5.73 Å². The minimum Gasteiger partial charge on any atom is -0.448 e. The second kappa shape index (κ2) is 7.07. The standard InChI is InChI=1S/C15H22N2O2/c1-12(14(18)15(2,3)16)8-6-4-5-7-9-13-10-17-11-19-13/h4-8,10-11,14,18H,9,16H2,1-3H3/b6-4-,7-5+,12-8-/t14-/m1/s1. The molecule has 0 aliphatic rings. The molecule has 4 nitrogen and oxygen atoms in total. The molecular weight excluding hydrogens is 240 g/mol. The van der Waals surface area contributed by atoms with E-state index < -0.39 is 11.6 Å². The molecule has 3 N–H and O–H groups in total. The van der Waals surface area contributed by atoms with E-state index in [1.807, 2.05) is 37.3 Å². The van der Waals surface area contributed by atoms with Crippen LogP contribution in [0.2, 0.25) is 0 Å². The van der Waals surface area contributed by atoms with Gasteiger partial charge in [-0.3, -0.25) is 0 Å². The number of hydrogen-bond acceptors (Lipinski definition) is 4. The Morgan fingerprint density at radius 1 is 1.47 bits per heavy atom. The summed E-state index contributed by atoms with van der Waals surface area (Å²) in [5.74, 6) is 0.830. The third-order valence-electron chi connectivity index (χ3n) is 2.66. The van der Waals surface area contributed by atoms with Crippen molar-refractivity contribution >= 4 is 0 Å². The van der Waals surface area contributed by atoms with Crippen LogP contribution in [-0.4, -0.2) is 21.7 Å². The lowest BCUT2D eigenvalue weighted by molar-refractivity contribution is 0.137. The normalized spacial score (nSPS) is 15.5. The molecule has 0 saturated carbocycles. The fraction of sp³-hybridized carbons (Fsp3) is 0.400. The van der Waals surface area contributed by atoms with Crippen LogP contribution in [0.4, 0.5) is 0 Å². The van der Waals surface area contributed by atoms with Crippen LogP contribution >= 0.6 is 0 Å². The highest BCUT2D eigenvalue weighted by Crippen LogP contribution is 2.13. The van der Waals surface area contributed by atoms with E-state index in [9.17, 15) is 5.11 Å². The molecule has 1 rings (SSSR count). The van der Waals surface area contributed by atoms with Gasteiger partial charge in [0.1, 0.15) is 5.76 Å². The Morgan fingerprint density at radius 3 is 2.79 bits per heavy atom. The first-order valence-electron chi connectivity index (χ1n) is 6.25. The molecule has 19 heavy (non-hydrogen) atoms. The van der Waals surface area contributed by atoms with E-state index in [0.717, 1.165) is 11.3 Å². The third-order valence-corrected chi connectivity index (χ3v) is 2.66. The largest absolute Gasteiger partial charge is 0.448 e. The van der Waals surface area contributed by atoms with Gasteiger partial charge in [-0.25, -0.2) is 4.98 Å². The van der Waals surface area contributed by atoms with Gasteiger partial charge in [0.25, 0.3) is 0 Å². The summed E-state index contributed by atoms with van der Waals surface area (Å²) < 4.78 is 5.10. The highest BCUT2D eigenvalue weighted by Gasteiger charge is 2.23. The second-order valence-corrected chi connectivity index (χ2v) is 5.12. The lowest BCUT2D eigenvalue weighted by Gasteiger charge is -2.26. The van der Waals surface area contributed by atoms with Crippen molar-refractivity contribution in [3.8, 4) is 0 Å². The van der Waals surface area contributed by atoms with Crippen LogP contribution in [0.25, 0.3) is 0 Å². The minimum atomic E-state index is -0.643. The molecule has 0 spiro atoms. The number of rotatable bonds is 6. The van der Waals surface area contributed by atoms with E-state index in [2.05, 4.69) is 4.98 Å². The fourth-order valence-corrected chi connectivity index (χ4v) is 1.56. The molecule has 1 atom stereocenters. The van der Waals surface area contributed by atoms with Gasteiger partial charge in [0.15, 0.2) is 6.39 Å². The van der Waals surface area contributed by atoms with Crippen LogP contribution in [0.3, 0.4) is 0 Å². The zero-order chi connectivity index (χ0) is 14.3. The van der Waals surface area contributed by atoms with Gasteiger partial charge in [-0.05, 0) is 26.3 Å². The van der Waals surface area contributed by atoms with Gasteiger partial charge in [0.05, 0.1) is 12.3 Å². The molecule has 0 aliphatic carbocycles. The van der Waals surface area contributed by atoms with Crippen molar-refractivity contribution in [3.05, 3.63) is 54.3 Å². The monoisotopic (exact) mass is 262 g/mol. The molecule has 0 radical (unpaired) electrons. The zero-order valence-corrected chi connectivity index (χ0v) is 11.7. The summed E-state index contributed by atoms with van der Waals surface area (Å²) >= 11 is 0. The van der Waals surface area contributed by atoms with E-state index in [-0.39, 0.29) is 0 Å². The molecule has 0 aliphatic heterocycles. The Kier molecular flexibility index (Phi) is 5.73. The van der Waals surface area contributed by atoms with Crippen LogP contribution < -0.4 is 5.73 Å². The number of hydrogen-bond donors (Lipinski definition) is 2. The highest BCUT2D eigenvalue weighted by atomic mass is 16.3. The minimum absolute atomic E-state index is 0.628. The molecule has 0 unspecified atom stereocenters. The summed E-state index contributed by atoms with van der Waals surface area (Å²) in [6.45, 7) is 5.47. The third kappa shape index (κ3) is 5.68. The first-order valence-corrected chi connectivity index (χ1v) is 6.25. The maximum Gasteiger partial charge on any atom is 0.180 e. The second-order valence-electron chi connectivity index (χ2n) is 5.12. The van der Waals surface area contributed by atoms with Gasteiger partial charge >= 0.3 is 0 Å². The topological polar surface area (TPSA) is 72.3 Å². The number of nitrogens with two attached hydrogens (primary N) is 1. The van der Waals surface area contributed by atoms with E-state index in [1.54, 1.807) is 20.0 Å². The van der Waals surface area contributed by atoms with Crippen molar-refractivity contribution in [1.29, 1.82) is 0 Å². The van der Waals surface area contributed by atoms with Crippen LogP contribution in [0.5, 0.6) is 0 Å². The van der Waals surface area contributed by atoms with E-state index >= 15 is 0 Å². The summed E-state index contributed by atoms with van der Waals surface area (Å²) in [4.78, 5) is 3.84. The maximum atomic E-state index is 9.92. The average Bonchev–Trinajstić information content (AvgIpc) is 2.84. The van der Waals surface area contributed by atoms with Gasteiger partial charge in [-0.2, -0.15) is 0 Å². The van der Waals surface area contributed by atoms with Crippen molar-refractivity contribution in [2.45, 2.75) is 38.8 Å². The summed E-state index contributed by atoms with van der Waals surface area (Å²) in [6, 6.07) is 0. The first-order chi connectivity index (χ1) is 8.91. The van der Waals surface area contributed by atoms with Crippen molar-refractivity contribution in [1.82, 2.24) is 4.98 Å². The van der Waals surface area contributed by atoms with Gasteiger partial charge in [-0.15, -0.1) is 0 Å². The molecule has 1 aromatic heterocycles. The molecule has 104 valence electrons.